The average molecular weight is 403 g/mol. The number of fused-ring (bicyclic) bond motifs is 1. The van der Waals surface area contributed by atoms with Crippen molar-refractivity contribution in [2.24, 2.45) is 5.73 Å². The van der Waals surface area contributed by atoms with Crippen molar-refractivity contribution in [3.63, 3.8) is 0 Å². The van der Waals surface area contributed by atoms with Gasteiger partial charge < -0.3 is 11.1 Å². The molecule has 0 fully saturated rings. The van der Waals surface area contributed by atoms with Crippen LogP contribution >= 0.6 is 0 Å². The molecular weight excluding hydrogens is 386 g/mol. The number of nitrogens with two attached hydrogens (primary N) is 1. The fourth-order valence-electron chi connectivity index (χ4n) is 2.96. The van der Waals surface area contributed by atoms with Gasteiger partial charge in [0.25, 0.3) is 5.56 Å². The molecule has 3 N–H and O–H groups in total. The summed E-state index contributed by atoms with van der Waals surface area (Å²) >= 11 is 0. The van der Waals surface area contributed by atoms with Crippen LogP contribution in [0, 0.1) is 6.92 Å². The number of primary amides is 1. The summed E-state index contributed by atoms with van der Waals surface area (Å²) in [5, 5.41) is 10.6. The van der Waals surface area contributed by atoms with Gasteiger partial charge in [-0.15, -0.1) is 5.10 Å². The number of nitrogens with one attached hydrogen (secondary N) is 1. The van der Waals surface area contributed by atoms with Crippen molar-refractivity contribution in [2.75, 3.05) is 5.32 Å². The van der Waals surface area contributed by atoms with Crippen LogP contribution in [0.2, 0.25) is 0 Å². The largest absolute Gasteiger partial charge is 0.366 e. The van der Waals surface area contributed by atoms with E-state index >= 15 is 0 Å². The van der Waals surface area contributed by atoms with E-state index in [1.54, 1.807) is 12.1 Å². The van der Waals surface area contributed by atoms with Gasteiger partial charge >= 0.3 is 0 Å². The first-order chi connectivity index (χ1) is 14.4. The number of amides is 2. The van der Waals surface area contributed by atoms with E-state index in [4.69, 9.17) is 5.73 Å². The monoisotopic (exact) mass is 403 g/mol. The standard InChI is InChI=1S/C20H17N7O3/c1-12-3-2-4-15(9-12)27-19-17(24-25-27)20(30)26(11-22-19)10-16(28)23-14-7-5-13(6-8-14)18(21)29/h2-9,11H,10H2,1H3,(H2,21,29)(H,23,28). The Balaban J connectivity index is 1.56. The Morgan fingerprint density at radius 2 is 1.90 bits per heavy atom. The molecule has 30 heavy (non-hydrogen) atoms. The van der Waals surface area contributed by atoms with E-state index < -0.39 is 17.4 Å². The van der Waals surface area contributed by atoms with Crippen molar-refractivity contribution in [1.29, 1.82) is 0 Å². The second kappa shape index (κ2) is 7.59. The molecule has 4 aromatic rings. The molecule has 0 saturated heterocycles. The molecule has 2 aromatic heterocycles. The van der Waals surface area contributed by atoms with E-state index in [9.17, 15) is 14.4 Å². The molecule has 0 spiro atoms. The highest BCUT2D eigenvalue weighted by Gasteiger charge is 2.15. The Labute approximate surface area is 170 Å². The third-order valence-corrected chi connectivity index (χ3v) is 4.44. The van der Waals surface area contributed by atoms with Gasteiger partial charge in [-0.3, -0.25) is 19.0 Å². The number of aromatic nitrogens is 5. The minimum absolute atomic E-state index is 0.0672. The molecule has 4 rings (SSSR count). The van der Waals surface area contributed by atoms with Gasteiger partial charge in [0, 0.05) is 11.3 Å². The minimum atomic E-state index is -0.558. The highest BCUT2D eigenvalue weighted by atomic mass is 16.2. The van der Waals surface area contributed by atoms with E-state index in [0.29, 0.717) is 16.9 Å². The Kier molecular flexibility index (Phi) is 4.80. The zero-order valence-corrected chi connectivity index (χ0v) is 15.9. The summed E-state index contributed by atoms with van der Waals surface area (Å²) in [7, 11) is 0. The quantitative estimate of drug-likeness (QED) is 0.510. The lowest BCUT2D eigenvalue weighted by atomic mass is 10.2. The Bertz CT molecular complexity index is 1320. The molecule has 2 amide bonds. The second-order valence-electron chi connectivity index (χ2n) is 6.68. The van der Waals surface area contributed by atoms with Crippen LogP contribution < -0.4 is 16.6 Å². The Morgan fingerprint density at radius 1 is 1.13 bits per heavy atom. The first-order valence-corrected chi connectivity index (χ1v) is 9.00. The second-order valence-corrected chi connectivity index (χ2v) is 6.68. The van der Waals surface area contributed by atoms with Gasteiger partial charge in [-0.05, 0) is 48.9 Å². The average Bonchev–Trinajstić information content (AvgIpc) is 3.15. The highest BCUT2D eigenvalue weighted by molar-refractivity contribution is 5.94. The molecule has 0 radical (unpaired) electrons. The Hall–Kier alpha value is -4.34. The van der Waals surface area contributed by atoms with Crippen LogP contribution in [0.15, 0.2) is 59.7 Å². The predicted molar refractivity (Wildman–Crippen MR) is 109 cm³/mol. The van der Waals surface area contributed by atoms with E-state index in [1.807, 2.05) is 31.2 Å². The molecule has 0 unspecified atom stereocenters. The molecule has 150 valence electrons. The number of carbonyl (C=O) groups excluding carboxylic acids is 2. The van der Waals surface area contributed by atoms with Crippen molar-refractivity contribution < 1.29 is 9.59 Å². The van der Waals surface area contributed by atoms with Crippen molar-refractivity contribution >= 4 is 28.7 Å². The maximum atomic E-state index is 12.7. The summed E-state index contributed by atoms with van der Waals surface area (Å²) in [5.41, 5.74) is 7.66. The van der Waals surface area contributed by atoms with Gasteiger partial charge in [-0.25, -0.2) is 4.98 Å². The summed E-state index contributed by atoms with van der Waals surface area (Å²) in [5.74, 6) is -0.992. The van der Waals surface area contributed by atoms with Gasteiger partial charge in [-0.1, -0.05) is 17.3 Å². The van der Waals surface area contributed by atoms with Crippen LogP contribution in [0.3, 0.4) is 0 Å². The number of anilines is 1. The predicted octanol–water partition coefficient (Wildman–Crippen LogP) is 1.02. The first kappa shape index (κ1) is 19.0. The molecule has 10 nitrogen and oxygen atoms in total. The van der Waals surface area contributed by atoms with E-state index in [-0.39, 0.29) is 12.1 Å². The Morgan fingerprint density at radius 3 is 2.60 bits per heavy atom. The molecule has 2 heterocycles. The van der Waals surface area contributed by atoms with Crippen molar-refractivity contribution in [2.45, 2.75) is 13.5 Å². The number of benzene rings is 2. The number of hydrogen-bond acceptors (Lipinski definition) is 6. The van der Waals surface area contributed by atoms with Crippen LogP contribution in [0.4, 0.5) is 5.69 Å². The zero-order chi connectivity index (χ0) is 21.3. The lowest BCUT2D eigenvalue weighted by Crippen LogP contribution is -2.28. The first-order valence-electron chi connectivity index (χ1n) is 9.00. The van der Waals surface area contributed by atoms with Crippen LogP contribution in [-0.4, -0.2) is 36.4 Å². The van der Waals surface area contributed by atoms with Crippen LogP contribution in [0.5, 0.6) is 0 Å². The minimum Gasteiger partial charge on any atom is -0.366 e. The summed E-state index contributed by atoms with van der Waals surface area (Å²) in [6.07, 6.45) is 1.29. The lowest BCUT2D eigenvalue weighted by Gasteiger charge is -2.08. The fraction of sp³-hybridized carbons (Fsp3) is 0.100. The van der Waals surface area contributed by atoms with Gasteiger partial charge in [0.1, 0.15) is 12.9 Å². The van der Waals surface area contributed by atoms with Gasteiger partial charge in [0.05, 0.1) is 5.69 Å². The number of nitrogens with zero attached hydrogens (tertiary/aromatic N) is 5. The van der Waals surface area contributed by atoms with Crippen LogP contribution in [-0.2, 0) is 11.3 Å². The smallest absolute Gasteiger partial charge is 0.284 e. The van der Waals surface area contributed by atoms with E-state index in [2.05, 4.69) is 20.6 Å². The van der Waals surface area contributed by atoms with Gasteiger partial charge in [-0.2, -0.15) is 4.68 Å². The van der Waals surface area contributed by atoms with Crippen LogP contribution in [0.25, 0.3) is 16.9 Å². The number of aryl methyl sites for hydroxylation is 1. The maximum Gasteiger partial charge on any atom is 0.284 e. The SMILES string of the molecule is Cc1cccc(-n2nnc3c(=O)n(CC(=O)Nc4ccc(C(N)=O)cc4)cnc32)c1. The summed E-state index contributed by atoms with van der Waals surface area (Å²) < 4.78 is 2.64. The lowest BCUT2D eigenvalue weighted by molar-refractivity contribution is -0.116. The van der Waals surface area contributed by atoms with Crippen molar-refractivity contribution in [3.8, 4) is 5.69 Å². The maximum absolute atomic E-state index is 12.7. The topological polar surface area (TPSA) is 138 Å². The molecule has 0 atom stereocenters. The molecule has 0 aliphatic carbocycles. The molecule has 0 aliphatic heterocycles. The number of rotatable bonds is 5. The number of hydrogen-bond donors (Lipinski definition) is 2. The summed E-state index contributed by atoms with van der Waals surface area (Å²) in [6, 6.07) is 13.7. The molecule has 0 bridgehead atoms. The highest BCUT2D eigenvalue weighted by Crippen LogP contribution is 2.13. The number of carbonyl (C=O) groups is 2. The van der Waals surface area contributed by atoms with E-state index in [1.165, 1.54) is 23.1 Å². The third kappa shape index (κ3) is 3.65. The van der Waals surface area contributed by atoms with Crippen LogP contribution in [0.1, 0.15) is 15.9 Å². The van der Waals surface area contributed by atoms with Gasteiger partial charge in [0.15, 0.2) is 11.2 Å². The zero-order valence-electron chi connectivity index (χ0n) is 15.9. The molecule has 0 aliphatic rings. The third-order valence-electron chi connectivity index (χ3n) is 4.44. The summed E-state index contributed by atoms with van der Waals surface area (Å²) in [4.78, 5) is 40.4. The van der Waals surface area contributed by atoms with E-state index in [0.717, 1.165) is 15.8 Å². The molecule has 2 aromatic carbocycles. The molecule has 0 saturated carbocycles. The summed E-state index contributed by atoms with van der Waals surface area (Å²) in [6.45, 7) is 1.69. The fourth-order valence-corrected chi connectivity index (χ4v) is 2.96. The molecule has 10 heteroatoms. The molecular formula is C20H17N7O3. The van der Waals surface area contributed by atoms with Crippen molar-refractivity contribution in [3.05, 3.63) is 76.3 Å². The van der Waals surface area contributed by atoms with Crippen molar-refractivity contribution in [1.82, 2.24) is 24.5 Å². The normalized spacial score (nSPS) is 10.8. The van der Waals surface area contributed by atoms with Gasteiger partial charge in [0.2, 0.25) is 11.8 Å².